The molecule has 0 amide bonds. The van der Waals surface area contributed by atoms with Gasteiger partial charge in [-0.05, 0) is 42.8 Å². The van der Waals surface area contributed by atoms with Gasteiger partial charge in [0.15, 0.2) is 15.7 Å². The van der Waals surface area contributed by atoms with E-state index in [0.29, 0.717) is 18.1 Å². The average molecular weight is 512 g/mol. The second-order valence-electron chi connectivity index (χ2n) is 10.5. The van der Waals surface area contributed by atoms with Crippen LogP contribution in [0.4, 0.5) is 11.8 Å². The van der Waals surface area contributed by atoms with Crippen LogP contribution in [-0.2, 0) is 22.9 Å². The average Bonchev–Trinajstić information content (AvgIpc) is 3.05. The number of anilines is 2. The van der Waals surface area contributed by atoms with Crippen molar-refractivity contribution in [3.05, 3.63) is 58.5 Å². The third-order valence-electron chi connectivity index (χ3n) is 7.71. The lowest BCUT2D eigenvalue weighted by atomic mass is 9.73. The minimum absolute atomic E-state index is 0.00185. The number of rotatable bonds is 3. The van der Waals surface area contributed by atoms with Crippen LogP contribution < -0.4 is 9.80 Å². The van der Waals surface area contributed by atoms with Crippen molar-refractivity contribution >= 4 is 33.2 Å². The van der Waals surface area contributed by atoms with Crippen LogP contribution in [0.2, 0.25) is 5.02 Å². The fraction of sp³-hybridized carbons (Fsp3) is 0.458. The minimum atomic E-state index is -2.92. The maximum atomic E-state index is 11.8. The summed E-state index contributed by atoms with van der Waals surface area (Å²) < 4.78 is 25.8. The summed E-state index contributed by atoms with van der Waals surface area (Å²) in [5.41, 5.74) is 3.39. The monoisotopic (exact) mass is 511 g/mol. The molecular weight excluding hydrogens is 486 g/mol. The standard InChI is InChI=1S/C24H26ClN7O2S/c1-16-3-2-4-21(26-16)30-12-24(13-30)14-31(15-24)23-28-27-22-9-29(19-10-35(33,34)11-19)8-17-7-18(25)5-6-20(17)32(22)23/h2-7,19H,8-15H2,1H3. The predicted octanol–water partition coefficient (Wildman–Crippen LogP) is 2.06. The minimum Gasteiger partial charge on any atom is -0.355 e. The van der Waals surface area contributed by atoms with E-state index in [0.717, 1.165) is 60.7 Å². The Balaban J connectivity index is 1.14. The Hall–Kier alpha value is -2.69. The van der Waals surface area contributed by atoms with Gasteiger partial charge in [-0.2, -0.15) is 0 Å². The second-order valence-corrected chi connectivity index (χ2v) is 13.1. The molecule has 0 radical (unpaired) electrons. The van der Waals surface area contributed by atoms with E-state index in [1.165, 1.54) is 0 Å². The normalized spacial score (nSPS) is 22.6. The molecule has 35 heavy (non-hydrogen) atoms. The first kappa shape index (κ1) is 21.6. The number of fused-ring (bicyclic) bond motifs is 3. The van der Waals surface area contributed by atoms with Crippen LogP contribution in [0.25, 0.3) is 5.69 Å². The summed E-state index contributed by atoms with van der Waals surface area (Å²) in [4.78, 5) is 11.5. The summed E-state index contributed by atoms with van der Waals surface area (Å²) in [5.74, 6) is 3.14. The maximum absolute atomic E-state index is 11.8. The highest BCUT2D eigenvalue weighted by atomic mass is 35.5. The first-order valence-electron chi connectivity index (χ1n) is 11.9. The molecule has 3 fully saturated rings. The Morgan fingerprint density at radius 2 is 1.77 bits per heavy atom. The summed E-state index contributed by atoms with van der Waals surface area (Å²) in [5, 5.41) is 9.83. The third-order valence-corrected chi connectivity index (χ3v) is 9.73. The molecule has 182 valence electrons. The van der Waals surface area contributed by atoms with Crippen molar-refractivity contribution < 1.29 is 8.42 Å². The van der Waals surface area contributed by atoms with Gasteiger partial charge in [0, 0.05) is 54.9 Å². The van der Waals surface area contributed by atoms with Crippen LogP contribution in [0.5, 0.6) is 0 Å². The van der Waals surface area contributed by atoms with E-state index in [-0.39, 0.29) is 23.0 Å². The van der Waals surface area contributed by atoms with Gasteiger partial charge in [0.05, 0.1) is 23.7 Å². The number of sulfone groups is 1. The Morgan fingerprint density at radius 1 is 1.00 bits per heavy atom. The summed E-state index contributed by atoms with van der Waals surface area (Å²) >= 11 is 6.35. The number of nitrogens with zero attached hydrogens (tertiary/aromatic N) is 7. The Labute approximate surface area is 209 Å². The van der Waals surface area contributed by atoms with Gasteiger partial charge in [0.1, 0.15) is 5.82 Å². The fourth-order valence-corrected chi connectivity index (χ4v) is 7.65. The van der Waals surface area contributed by atoms with E-state index in [1.54, 1.807) is 0 Å². The number of hydrogen-bond acceptors (Lipinski definition) is 8. The van der Waals surface area contributed by atoms with E-state index in [1.807, 2.05) is 31.2 Å². The molecule has 9 nitrogen and oxygen atoms in total. The van der Waals surface area contributed by atoms with Crippen LogP contribution in [0.1, 0.15) is 17.1 Å². The van der Waals surface area contributed by atoms with Crippen LogP contribution in [0, 0.1) is 12.3 Å². The Kier molecular flexibility index (Phi) is 4.57. The van der Waals surface area contributed by atoms with Crippen molar-refractivity contribution in [3.8, 4) is 5.69 Å². The third kappa shape index (κ3) is 3.53. The number of aromatic nitrogens is 4. The number of hydrogen-bond donors (Lipinski definition) is 0. The number of halogens is 1. The van der Waals surface area contributed by atoms with Gasteiger partial charge in [-0.25, -0.2) is 13.4 Å². The van der Waals surface area contributed by atoms with E-state index in [9.17, 15) is 8.42 Å². The lowest BCUT2D eigenvalue weighted by molar-refractivity contribution is 0.153. The number of pyridine rings is 1. The first-order chi connectivity index (χ1) is 16.8. The molecule has 1 spiro atoms. The molecular formula is C24H26ClN7O2S. The largest absolute Gasteiger partial charge is 0.355 e. The van der Waals surface area contributed by atoms with Gasteiger partial charge in [-0.15, -0.1) is 10.2 Å². The second kappa shape index (κ2) is 7.41. The van der Waals surface area contributed by atoms with Gasteiger partial charge < -0.3 is 9.80 Å². The highest BCUT2D eigenvalue weighted by Crippen LogP contribution is 2.44. The Morgan fingerprint density at radius 3 is 2.51 bits per heavy atom. The van der Waals surface area contributed by atoms with Gasteiger partial charge in [-0.3, -0.25) is 9.47 Å². The van der Waals surface area contributed by atoms with Crippen LogP contribution in [0.3, 0.4) is 0 Å². The molecule has 11 heteroatoms. The highest BCUT2D eigenvalue weighted by Gasteiger charge is 2.53. The molecule has 0 aliphatic carbocycles. The van der Waals surface area contributed by atoms with Crippen molar-refractivity contribution in [2.45, 2.75) is 26.1 Å². The SMILES string of the molecule is Cc1cccc(N2CC3(C2)CN(c2nnc4n2-c2ccc(Cl)cc2CN(C2CS(=O)(=O)C2)C4)C3)n1. The molecule has 4 aliphatic rings. The van der Waals surface area contributed by atoms with Crippen molar-refractivity contribution in [1.29, 1.82) is 0 Å². The van der Waals surface area contributed by atoms with Crippen molar-refractivity contribution in [3.63, 3.8) is 0 Å². The topological polar surface area (TPSA) is 87.5 Å². The molecule has 0 N–H and O–H groups in total. The summed E-state index contributed by atoms with van der Waals surface area (Å²) in [7, 11) is -2.92. The van der Waals surface area contributed by atoms with Gasteiger partial charge in [0.2, 0.25) is 5.95 Å². The fourth-order valence-electron chi connectivity index (χ4n) is 5.96. The Bertz CT molecular complexity index is 1430. The van der Waals surface area contributed by atoms with Gasteiger partial charge in [-0.1, -0.05) is 17.7 Å². The molecule has 0 saturated carbocycles. The molecule has 0 unspecified atom stereocenters. The van der Waals surface area contributed by atoms with Crippen LogP contribution in [0.15, 0.2) is 36.4 Å². The summed E-state index contributed by atoms with van der Waals surface area (Å²) in [6.07, 6.45) is 0. The summed E-state index contributed by atoms with van der Waals surface area (Å²) in [6.45, 7) is 7.08. The van der Waals surface area contributed by atoms with Gasteiger partial charge >= 0.3 is 0 Å². The quantitative estimate of drug-likeness (QED) is 0.528. The molecule has 3 aromatic rings. The lowest BCUT2D eigenvalue weighted by Gasteiger charge is -2.60. The predicted molar refractivity (Wildman–Crippen MR) is 134 cm³/mol. The lowest BCUT2D eigenvalue weighted by Crippen LogP contribution is -2.73. The van der Waals surface area contributed by atoms with Crippen LogP contribution in [-0.4, -0.2) is 76.8 Å². The maximum Gasteiger partial charge on any atom is 0.231 e. The molecule has 4 aliphatic heterocycles. The van der Waals surface area contributed by atoms with E-state index in [4.69, 9.17) is 11.6 Å². The molecule has 3 saturated heterocycles. The summed E-state index contributed by atoms with van der Waals surface area (Å²) in [6, 6.07) is 12.1. The molecule has 6 heterocycles. The zero-order valence-electron chi connectivity index (χ0n) is 19.4. The number of benzene rings is 1. The highest BCUT2D eigenvalue weighted by molar-refractivity contribution is 7.92. The number of aryl methyl sites for hydroxylation is 1. The van der Waals surface area contributed by atoms with Gasteiger partial charge in [0.25, 0.3) is 0 Å². The molecule has 0 atom stereocenters. The smallest absolute Gasteiger partial charge is 0.231 e. The van der Waals surface area contributed by atoms with E-state index >= 15 is 0 Å². The molecule has 0 bridgehead atoms. The van der Waals surface area contributed by atoms with Crippen molar-refractivity contribution in [2.24, 2.45) is 5.41 Å². The first-order valence-corrected chi connectivity index (χ1v) is 14.1. The van der Waals surface area contributed by atoms with Crippen molar-refractivity contribution in [1.82, 2.24) is 24.6 Å². The van der Waals surface area contributed by atoms with Crippen LogP contribution >= 0.6 is 11.6 Å². The van der Waals surface area contributed by atoms with Crippen molar-refractivity contribution in [2.75, 3.05) is 47.5 Å². The van der Waals surface area contributed by atoms with E-state index in [2.05, 4.69) is 46.6 Å². The zero-order chi connectivity index (χ0) is 23.9. The molecule has 1 aromatic carbocycles. The molecule has 7 rings (SSSR count). The van der Waals surface area contributed by atoms with E-state index < -0.39 is 9.84 Å². The zero-order valence-corrected chi connectivity index (χ0v) is 21.0. The molecule has 2 aromatic heterocycles.